The third-order valence-corrected chi connectivity index (χ3v) is 3.53. The zero-order chi connectivity index (χ0) is 10.8. The van der Waals surface area contributed by atoms with Gasteiger partial charge in [-0.25, -0.2) is 0 Å². The minimum absolute atomic E-state index is 0.836. The van der Waals surface area contributed by atoms with Crippen LogP contribution >= 0.6 is 11.8 Å². The van der Waals surface area contributed by atoms with Gasteiger partial charge in [0.1, 0.15) is 0 Å². The minimum Gasteiger partial charge on any atom is -0.399 e. The number of fused-ring (bicyclic) bond motifs is 1. The Balaban J connectivity index is 2.44. The van der Waals surface area contributed by atoms with Gasteiger partial charge in [-0.05, 0) is 30.0 Å². The van der Waals surface area contributed by atoms with E-state index in [-0.39, 0.29) is 0 Å². The molecule has 0 radical (unpaired) electrons. The predicted octanol–water partition coefficient (Wildman–Crippen LogP) is 3.01. The first kappa shape index (κ1) is 10.4. The summed E-state index contributed by atoms with van der Waals surface area (Å²) in [6, 6.07) is 8.31. The predicted molar refractivity (Wildman–Crippen MR) is 69.2 cm³/mol. The van der Waals surface area contributed by atoms with Crippen molar-refractivity contribution in [1.29, 1.82) is 0 Å². The quantitative estimate of drug-likeness (QED) is 0.806. The molecular weight excluding hydrogens is 204 g/mol. The lowest BCUT2D eigenvalue weighted by atomic mass is 10.2. The van der Waals surface area contributed by atoms with Crippen LogP contribution in [0.1, 0.15) is 12.6 Å². The van der Waals surface area contributed by atoms with Crippen LogP contribution in [0.25, 0.3) is 10.9 Å². The number of thioether (sulfide) groups is 1. The van der Waals surface area contributed by atoms with Gasteiger partial charge < -0.3 is 10.3 Å². The Morgan fingerprint density at radius 3 is 2.87 bits per heavy atom. The molecule has 0 unspecified atom stereocenters. The summed E-state index contributed by atoms with van der Waals surface area (Å²) in [5.41, 5.74) is 9.23. The second kappa shape index (κ2) is 4.19. The molecule has 0 aliphatic rings. The number of aromatic nitrogens is 1. The molecule has 0 amide bonds. The maximum Gasteiger partial charge on any atom is 0.0481 e. The Kier molecular flexibility index (Phi) is 2.91. The highest BCUT2D eigenvalue weighted by molar-refractivity contribution is 7.98. The highest BCUT2D eigenvalue weighted by Crippen LogP contribution is 2.23. The Bertz CT molecular complexity index is 474. The fraction of sp³-hybridized carbons (Fsp3) is 0.333. The molecule has 0 atom stereocenters. The third-order valence-electron chi connectivity index (χ3n) is 2.62. The Morgan fingerprint density at radius 1 is 1.33 bits per heavy atom. The van der Waals surface area contributed by atoms with Crippen LogP contribution in [0.15, 0.2) is 24.3 Å². The van der Waals surface area contributed by atoms with Gasteiger partial charge in [-0.1, -0.05) is 6.92 Å². The van der Waals surface area contributed by atoms with Crippen LogP contribution in [0.2, 0.25) is 0 Å². The van der Waals surface area contributed by atoms with Gasteiger partial charge in [0.25, 0.3) is 0 Å². The smallest absolute Gasteiger partial charge is 0.0481 e. The second-order valence-corrected chi connectivity index (χ2v) is 4.92. The highest BCUT2D eigenvalue weighted by Gasteiger charge is 2.05. The van der Waals surface area contributed by atoms with Crippen molar-refractivity contribution in [3.8, 4) is 0 Å². The molecule has 80 valence electrons. The molecule has 0 aliphatic carbocycles. The average molecular weight is 220 g/mol. The number of aryl methyl sites for hydroxylation is 1. The van der Waals surface area contributed by atoms with Gasteiger partial charge in [-0.15, -0.1) is 0 Å². The number of hydrogen-bond donors (Lipinski definition) is 1. The number of nitrogens with zero attached hydrogens (tertiary/aromatic N) is 1. The van der Waals surface area contributed by atoms with Crippen LogP contribution < -0.4 is 5.73 Å². The molecule has 2 aromatic rings. The van der Waals surface area contributed by atoms with E-state index < -0.39 is 0 Å². The topological polar surface area (TPSA) is 30.9 Å². The van der Waals surface area contributed by atoms with Crippen molar-refractivity contribution in [1.82, 2.24) is 4.57 Å². The summed E-state index contributed by atoms with van der Waals surface area (Å²) in [6.45, 7) is 2.19. The van der Waals surface area contributed by atoms with Crippen LogP contribution in [0.3, 0.4) is 0 Å². The van der Waals surface area contributed by atoms with Crippen molar-refractivity contribution < 1.29 is 0 Å². The van der Waals surface area contributed by atoms with E-state index in [4.69, 9.17) is 5.73 Å². The van der Waals surface area contributed by atoms with Gasteiger partial charge in [0.2, 0.25) is 0 Å². The van der Waals surface area contributed by atoms with Crippen LogP contribution in [-0.2, 0) is 12.8 Å². The molecule has 0 aliphatic heterocycles. The van der Waals surface area contributed by atoms with E-state index in [1.807, 2.05) is 23.9 Å². The first-order valence-corrected chi connectivity index (χ1v) is 6.29. The normalized spacial score (nSPS) is 11.1. The van der Waals surface area contributed by atoms with E-state index in [1.165, 1.54) is 16.6 Å². The Hall–Kier alpha value is -1.09. The number of nitrogens with two attached hydrogens (primary N) is 1. The van der Waals surface area contributed by atoms with Gasteiger partial charge in [0.15, 0.2) is 0 Å². The van der Waals surface area contributed by atoms with Crippen LogP contribution in [0, 0.1) is 0 Å². The number of hydrogen-bond acceptors (Lipinski definition) is 2. The second-order valence-electron chi connectivity index (χ2n) is 3.65. The van der Waals surface area contributed by atoms with Gasteiger partial charge >= 0.3 is 0 Å². The SMILES string of the molecule is CCSCc1cc2cc(N)ccc2n1C. The molecule has 0 bridgehead atoms. The zero-order valence-corrected chi connectivity index (χ0v) is 9.97. The van der Waals surface area contributed by atoms with Crippen molar-refractivity contribution >= 4 is 28.4 Å². The number of benzene rings is 1. The fourth-order valence-corrected chi connectivity index (χ4v) is 2.46. The van der Waals surface area contributed by atoms with E-state index >= 15 is 0 Å². The molecular formula is C12H16N2S. The standard InChI is InChI=1S/C12H16N2S/c1-3-15-8-11-7-9-6-10(13)4-5-12(9)14(11)2/h4-7H,3,8,13H2,1-2H3. The lowest BCUT2D eigenvalue weighted by molar-refractivity contribution is 0.910. The largest absolute Gasteiger partial charge is 0.399 e. The van der Waals surface area contributed by atoms with E-state index in [9.17, 15) is 0 Å². The molecule has 1 heterocycles. The molecule has 1 aromatic carbocycles. The maximum atomic E-state index is 5.77. The van der Waals surface area contributed by atoms with Crippen LogP contribution in [0.5, 0.6) is 0 Å². The average Bonchev–Trinajstić information content (AvgIpc) is 2.52. The summed E-state index contributed by atoms with van der Waals surface area (Å²) in [5.74, 6) is 2.23. The molecule has 0 saturated heterocycles. The minimum atomic E-state index is 0.836. The first-order chi connectivity index (χ1) is 7.22. The zero-order valence-electron chi connectivity index (χ0n) is 9.16. The van der Waals surface area contributed by atoms with E-state index in [0.29, 0.717) is 0 Å². The summed E-state index contributed by atoms with van der Waals surface area (Å²) in [7, 11) is 2.12. The Morgan fingerprint density at radius 2 is 2.13 bits per heavy atom. The maximum absolute atomic E-state index is 5.77. The molecule has 2 nitrogen and oxygen atoms in total. The van der Waals surface area contributed by atoms with Gasteiger partial charge in [-0.3, -0.25) is 0 Å². The van der Waals surface area contributed by atoms with Crippen LogP contribution in [-0.4, -0.2) is 10.3 Å². The summed E-state index contributed by atoms with van der Waals surface area (Å²) in [4.78, 5) is 0. The van der Waals surface area contributed by atoms with E-state index in [0.717, 1.165) is 17.2 Å². The molecule has 0 fully saturated rings. The summed E-state index contributed by atoms with van der Waals surface area (Å²) in [5, 5.41) is 1.24. The summed E-state index contributed by atoms with van der Waals surface area (Å²) in [6.07, 6.45) is 0. The molecule has 0 spiro atoms. The van der Waals surface area contributed by atoms with Crippen molar-refractivity contribution in [3.63, 3.8) is 0 Å². The monoisotopic (exact) mass is 220 g/mol. The van der Waals surface area contributed by atoms with E-state index in [1.54, 1.807) is 0 Å². The first-order valence-electron chi connectivity index (χ1n) is 5.14. The number of anilines is 1. The fourth-order valence-electron chi connectivity index (χ4n) is 1.77. The molecule has 15 heavy (non-hydrogen) atoms. The number of rotatable bonds is 3. The van der Waals surface area contributed by atoms with E-state index in [2.05, 4.69) is 30.7 Å². The summed E-state index contributed by atoms with van der Waals surface area (Å²) >= 11 is 1.94. The van der Waals surface area contributed by atoms with Crippen molar-refractivity contribution in [3.05, 3.63) is 30.0 Å². The Labute approximate surface area is 94.5 Å². The van der Waals surface area contributed by atoms with Crippen molar-refractivity contribution in [2.45, 2.75) is 12.7 Å². The number of nitrogen functional groups attached to an aromatic ring is 1. The molecule has 1 aromatic heterocycles. The van der Waals surface area contributed by atoms with Crippen molar-refractivity contribution in [2.24, 2.45) is 7.05 Å². The lowest BCUT2D eigenvalue weighted by Crippen LogP contribution is -1.94. The van der Waals surface area contributed by atoms with Crippen molar-refractivity contribution in [2.75, 3.05) is 11.5 Å². The lowest BCUT2D eigenvalue weighted by Gasteiger charge is -2.02. The van der Waals surface area contributed by atoms with Gasteiger partial charge in [0, 0.05) is 35.1 Å². The molecule has 2 N–H and O–H groups in total. The van der Waals surface area contributed by atoms with Gasteiger partial charge in [0.05, 0.1) is 0 Å². The third kappa shape index (κ3) is 1.97. The van der Waals surface area contributed by atoms with Gasteiger partial charge in [-0.2, -0.15) is 11.8 Å². The van der Waals surface area contributed by atoms with Crippen LogP contribution in [0.4, 0.5) is 5.69 Å². The molecule has 3 heteroatoms. The highest BCUT2D eigenvalue weighted by atomic mass is 32.2. The molecule has 2 rings (SSSR count). The summed E-state index contributed by atoms with van der Waals surface area (Å²) < 4.78 is 2.25. The molecule has 0 saturated carbocycles.